The summed E-state index contributed by atoms with van der Waals surface area (Å²) in [7, 11) is 0. The number of nitrogens with one attached hydrogen (secondary N) is 1. The first kappa shape index (κ1) is 12.0. The molecule has 1 heterocycles. The number of nitrogens with zero attached hydrogens (tertiary/aromatic N) is 2. The molecule has 1 aliphatic heterocycles. The number of likely N-dealkylation sites (tertiary alicyclic amines) is 1. The minimum absolute atomic E-state index is 0.0217. The van der Waals surface area contributed by atoms with Crippen LogP contribution in [0, 0.1) is 11.3 Å². The van der Waals surface area contributed by atoms with Gasteiger partial charge < -0.3 is 10.2 Å². The molecule has 4 nitrogen and oxygen atoms in total. The third-order valence-corrected chi connectivity index (χ3v) is 2.66. The van der Waals surface area contributed by atoms with Gasteiger partial charge in [-0.3, -0.25) is 4.79 Å². The SMILES string of the molecule is N#CCC(=O)NCCCCN1CCCC1. The molecular formula is C11H19N3O. The average Bonchev–Trinajstić information content (AvgIpc) is 2.70. The van der Waals surface area contributed by atoms with Crippen molar-refractivity contribution in [2.45, 2.75) is 32.1 Å². The molecule has 1 N–H and O–H groups in total. The molecule has 84 valence electrons. The van der Waals surface area contributed by atoms with Gasteiger partial charge in [0.2, 0.25) is 5.91 Å². The van der Waals surface area contributed by atoms with Crippen molar-refractivity contribution in [3.8, 4) is 6.07 Å². The number of hydrogen-bond donors (Lipinski definition) is 1. The Morgan fingerprint density at radius 3 is 2.73 bits per heavy atom. The van der Waals surface area contributed by atoms with E-state index in [2.05, 4.69) is 10.2 Å². The Kier molecular flexibility index (Phi) is 5.79. The molecule has 0 unspecified atom stereocenters. The van der Waals surface area contributed by atoms with Crippen molar-refractivity contribution < 1.29 is 4.79 Å². The van der Waals surface area contributed by atoms with Gasteiger partial charge in [-0.05, 0) is 45.3 Å². The summed E-state index contributed by atoms with van der Waals surface area (Å²) in [6, 6.07) is 1.83. The van der Waals surface area contributed by atoms with E-state index in [-0.39, 0.29) is 12.3 Å². The molecular weight excluding hydrogens is 190 g/mol. The second-order valence-corrected chi connectivity index (χ2v) is 3.94. The first-order chi connectivity index (χ1) is 7.33. The third kappa shape index (κ3) is 5.38. The molecule has 15 heavy (non-hydrogen) atoms. The summed E-state index contributed by atoms with van der Waals surface area (Å²) in [5.74, 6) is -0.154. The van der Waals surface area contributed by atoms with Gasteiger partial charge >= 0.3 is 0 Å². The van der Waals surface area contributed by atoms with E-state index in [9.17, 15) is 4.79 Å². The molecule has 1 aliphatic rings. The predicted molar refractivity (Wildman–Crippen MR) is 58.1 cm³/mol. The average molecular weight is 209 g/mol. The Balaban J connectivity index is 1.88. The Bertz CT molecular complexity index is 228. The van der Waals surface area contributed by atoms with E-state index in [0.29, 0.717) is 6.54 Å². The quantitative estimate of drug-likeness (QED) is 0.661. The van der Waals surface area contributed by atoms with E-state index < -0.39 is 0 Å². The normalized spacial score (nSPS) is 16.2. The maximum Gasteiger partial charge on any atom is 0.234 e. The van der Waals surface area contributed by atoms with Crippen LogP contribution in [0.5, 0.6) is 0 Å². The van der Waals surface area contributed by atoms with Gasteiger partial charge in [0, 0.05) is 6.54 Å². The standard InChI is InChI=1S/C11H19N3O/c12-6-5-11(15)13-7-1-2-8-14-9-3-4-10-14/h1-5,7-10H2,(H,13,15). The van der Waals surface area contributed by atoms with Crippen LogP contribution in [0.1, 0.15) is 32.1 Å². The summed E-state index contributed by atoms with van der Waals surface area (Å²) in [6.45, 7) is 4.32. The fourth-order valence-corrected chi connectivity index (χ4v) is 1.83. The lowest BCUT2D eigenvalue weighted by Crippen LogP contribution is -2.25. The monoisotopic (exact) mass is 209 g/mol. The molecule has 1 saturated heterocycles. The zero-order valence-electron chi connectivity index (χ0n) is 9.17. The van der Waals surface area contributed by atoms with E-state index in [1.54, 1.807) is 0 Å². The Labute approximate surface area is 91.2 Å². The molecule has 0 aromatic rings. The van der Waals surface area contributed by atoms with Crippen molar-refractivity contribution in [2.75, 3.05) is 26.2 Å². The summed E-state index contributed by atoms with van der Waals surface area (Å²) in [5, 5.41) is 11.0. The lowest BCUT2D eigenvalue weighted by molar-refractivity contribution is -0.120. The molecule has 1 fully saturated rings. The highest BCUT2D eigenvalue weighted by Gasteiger charge is 2.09. The zero-order chi connectivity index (χ0) is 10.9. The van der Waals surface area contributed by atoms with Gasteiger partial charge in [0.25, 0.3) is 0 Å². The molecule has 0 saturated carbocycles. The van der Waals surface area contributed by atoms with Crippen LogP contribution >= 0.6 is 0 Å². The summed E-state index contributed by atoms with van der Waals surface area (Å²) < 4.78 is 0. The highest BCUT2D eigenvalue weighted by atomic mass is 16.1. The molecule has 0 bridgehead atoms. The lowest BCUT2D eigenvalue weighted by Gasteiger charge is -2.13. The van der Waals surface area contributed by atoms with E-state index in [0.717, 1.165) is 19.4 Å². The van der Waals surface area contributed by atoms with Crippen molar-refractivity contribution in [2.24, 2.45) is 0 Å². The largest absolute Gasteiger partial charge is 0.355 e. The third-order valence-electron chi connectivity index (χ3n) is 2.66. The van der Waals surface area contributed by atoms with Gasteiger partial charge in [-0.1, -0.05) is 0 Å². The van der Waals surface area contributed by atoms with Gasteiger partial charge in [-0.15, -0.1) is 0 Å². The second kappa shape index (κ2) is 7.24. The molecule has 0 aromatic heterocycles. The highest BCUT2D eigenvalue weighted by molar-refractivity contribution is 5.77. The van der Waals surface area contributed by atoms with Crippen LogP contribution in [-0.2, 0) is 4.79 Å². The van der Waals surface area contributed by atoms with Crippen LogP contribution in [0.3, 0.4) is 0 Å². The Morgan fingerprint density at radius 1 is 1.33 bits per heavy atom. The summed E-state index contributed by atoms with van der Waals surface area (Å²) in [4.78, 5) is 13.4. The van der Waals surface area contributed by atoms with E-state index in [1.807, 2.05) is 6.07 Å². The molecule has 0 spiro atoms. The van der Waals surface area contributed by atoms with Crippen LogP contribution in [0.25, 0.3) is 0 Å². The lowest BCUT2D eigenvalue weighted by atomic mass is 10.3. The van der Waals surface area contributed by atoms with Crippen LogP contribution in [0.15, 0.2) is 0 Å². The van der Waals surface area contributed by atoms with Crippen LogP contribution < -0.4 is 5.32 Å². The van der Waals surface area contributed by atoms with E-state index >= 15 is 0 Å². The molecule has 1 rings (SSSR count). The summed E-state index contributed by atoms with van der Waals surface area (Å²) in [5.41, 5.74) is 0. The highest BCUT2D eigenvalue weighted by Crippen LogP contribution is 2.07. The predicted octanol–water partition coefficient (Wildman–Crippen LogP) is 0.892. The number of carbonyl (C=O) groups excluding carboxylic acids is 1. The molecule has 0 aromatic carbocycles. The van der Waals surface area contributed by atoms with Crippen LogP contribution in [0.4, 0.5) is 0 Å². The van der Waals surface area contributed by atoms with Gasteiger partial charge in [0.15, 0.2) is 0 Å². The smallest absolute Gasteiger partial charge is 0.234 e. The van der Waals surface area contributed by atoms with Crippen molar-refractivity contribution in [3.05, 3.63) is 0 Å². The number of carbonyl (C=O) groups is 1. The van der Waals surface area contributed by atoms with Crippen molar-refractivity contribution >= 4 is 5.91 Å². The second-order valence-electron chi connectivity index (χ2n) is 3.94. The summed E-state index contributed by atoms with van der Waals surface area (Å²) in [6.07, 6.45) is 4.78. The van der Waals surface area contributed by atoms with Crippen molar-refractivity contribution in [3.63, 3.8) is 0 Å². The fourth-order valence-electron chi connectivity index (χ4n) is 1.83. The Morgan fingerprint density at radius 2 is 2.07 bits per heavy atom. The molecule has 0 aliphatic carbocycles. The van der Waals surface area contributed by atoms with Crippen molar-refractivity contribution in [1.82, 2.24) is 10.2 Å². The van der Waals surface area contributed by atoms with Gasteiger partial charge in [-0.25, -0.2) is 0 Å². The number of rotatable bonds is 6. The molecule has 1 amide bonds. The van der Waals surface area contributed by atoms with Gasteiger partial charge in [-0.2, -0.15) is 5.26 Å². The fraction of sp³-hybridized carbons (Fsp3) is 0.818. The maximum atomic E-state index is 10.9. The minimum Gasteiger partial charge on any atom is -0.355 e. The summed E-state index contributed by atoms with van der Waals surface area (Å²) >= 11 is 0. The number of hydrogen-bond acceptors (Lipinski definition) is 3. The Hall–Kier alpha value is -1.08. The number of unbranched alkanes of at least 4 members (excludes halogenated alkanes) is 1. The zero-order valence-corrected chi connectivity index (χ0v) is 9.17. The topological polar surface area (TPSA) is 56.1 Å². The van der Waals surface area contributed by atoms with Crippen LogP contribution in [-0.4, -0.2) is 37.0 Å². The van der Waals surface area contributed by atoms with Crippen molar-refractivity contribution in [1.29, 1.82) is 5.26 Å². The first-order valence-electron chi connectivity index (χ1n) is 5.69. The van der Waals surface area contributed by atoms with E-state index in [1.165, 1.54) is 25.9 Å². The van der Waals surface area contributed by atoms with Crippen LogP contribution in [0.2, 0.25) is 0 Å². The molecule has 4 heteroatoms. The number of amides is 1. The van der Waals surface area contributed by atoms with Gasteiger partial charge in [0.05, 0.1) is 6.07 Å². The minimum atomic E-state index is -0.154. The molecule has 0 radical (unpaired) electrons. The van der Waals surface area contributed by atoms with E-state index in [4.69, 9.17) is 5.26 Å². The maximum absolute atomic E-state index is 10.9. The van der Waals surface area contributed by atoms with Gasteiger partial charge in [0.1, 0.15) is 6.42 Å². The first-order valence-corrected chi connectivity index (χ1v) is 5.69. The molecule has 0 atom stereocenters. The number of nitriles is 1.